The number of nitro groups is 1. The quantitative estimate of drug-likeness (QED) is 0.534. The van der Waals surface area contributed by atoms with E-state index in [9.17, 15) is 15.4 Å². The predicted octanol–water partition coefficient (Wildman–Crippen LogP) is 3.60. The molecule has 0 saturated carbocycles. The minimum absolute atomic E-state index is 0.0587. The molecule has 0 radical (unpaired) electrons. The Kier molecular flexibility index (Phi) is 4.35. The second-order valence-electron chi connectivity index (χ2n) is 5.07. The first kappa shape index (κ1) is 16.1. The monoisotopic (exact) mass is 332 g/mol. The summed E-state index contributed by atoms with van der Waals surface area (Å²) >= 11 is 0. The molecule has 7 heteroatoms. The molecule has 1 aromatic carbocycles. The largest absolute Gasteiger partial charge is 0.480 e. The first-order chi connectivity index (χ1) is 12.1. The van der Waals surface area contributed by atoms with Gasteiger partial charge in [0, 0.05) is 23.9 Å². The Balaban J connectivity index is 2.26. The highest BCUT2D eigenvalue weighted by Gasteiger charge is 2.18. The summed E-state index contributed by atoms with van der Waals surface area (Å²) in [5.74, 6) is 0.146. The van der Waals surface area contributed by atoms with Crippen molar-refractivity contribution in [3.8, 4) is 34.5 Å². The van der Waals surface area contributed by atoms with Gasteiger partial charge in [-0.1, -0.05) is 18.2 Å². The Morgan fingerprint density at radius 2 is 2.00 bits per heavy atom. The first-order valence-corrected chi connectivity index (χ1v) is 7.29. The van der Waals surface area contributed by atoms with E-state index in [1.165, 1.54) is 19.2 Å². The second-order valence-corrected chi connectivity index (χ2v) is 5.07. The average molecular weight is 332 g/mol. The summed E-state index contributed by atoms with van der Waals surface area (Å²) in [6, 6.07) is 15.2. The Morgan fingerprint density at radius 3 is 2.64 bits per heavy atom. The molecule has 0 saturated heterocycles. The Bertz CT molecular complexity index is 981. The minimum atomic E-state index is -0.479. The third kappa shape index (κ3) is 3.14. The summed E-state index contributed by atoms with van der Waals surface area (Å²) in [6.45, 7) is 0. The molecule has 0 spiro atoms. The smallest absolute Gasteiger partial charge is 0.270 e. The number of nitro benzene ring substituents is 1. The molecule has 0 amide bonds. The van der Waals surface area contributed by atoms with Crippen LogP contribution in [0.2, 0.25) is 0 Å². The molecule has 25 heavy (non-hydrogen) atoms. The van der Waals surface area contributed by atoms with E-state index in [4.69, 9.17) is 4.74 Å². The van der Waals surface area contributed by atoms with Gasteiger partial charge in [0.05, 0.1) is 23.4 Å². The van der Waals surface area contributed by atoms with Crippen molar-refractivity contribution in [2.45, 2.75) is 0 Å². The van der Waals surface area contributed by atoms with Crippen LogP contribution in [0.15, 0.2) is 54.7 Å². The standard InChI is InChI=1S/C18H12N4O3/c1-25-18-15(11-19)14(12-5-4-6-13(9-12)22(23)24)10-17(21-18)16-7-2-3-8-20-16/h2-10H,1H3. The Morgan fingerprint density at radius 1 is 1.16 bits per heavy atom. The van der Waals surface area contributed by atoms with Crippen LogP contribution in [-0.2, 0) is 0 Å². The lowest BCUT2D eigenvalue weighted by molar-refractivity contribution is -0.384. The van der Waals surface area contributed by atoms with Crippen LogP contribution in [0, 0.1) is 21.4 Å². The van der Waals surface area contributed by atoms with Gasteiger partial charge < -0.3 is 4.74 Å². The molecule has 0 bridgehead atoms. The van der Waals surface area contributed by atoms with Crippen LogP contribution in [0.3, 0.4) is 0 Å². The molecule has 0 N–H and O–H groups in total. The predicted molar refractivity (Wildman–Crippen MR) is 90.8 cm³/mol. The maximum Gasteiger partial charge on any atom is 0.270 e. The highest BCUT2D eigenvalue weighted by Crippen LogP contribution is 2.34. The van der Waals surface area contributed by atoms with Crippen LogP contribution in [0.5, 0.6) is 5.88 Å². The van der Waals surface area contributed by atoms with E-state index in [2.05, 4.69) is 16.0 Å². The lowest BCUT2D eigenvalue weighted by Crippen LogP contribution is -1.99. The highest BCUT2D eigenvalue weighted by molar-refractivity contribution is 5.78. The molecule has 7 nitrogen and oxygen atoms in total. The lowest BCUT2D eigenvalue weighted by Gasteiger charge is -2.11. The summed E-state index contributed by atoms with van der Waals surface area (Å²) in [5, 5.41) is 20.6. The van der Waals surface area contributed by atoms with Crippen molar-refractivity contribution in [1.29, 1.82) is 5.26 Å². The van der Waals surface area contributed by atoms with Crippen molar-refractivity contribution < 1.29 is 9.66 Å². The van der Waals surface area contributed by atoms with Crippen LogP contribution in [-0.4, -0.2) is 22.0 Å². The fourth-order valence-corrected chi connectivity index (χ4v) is 2.44. The molecule has 2 heterocycles. The van der Waals surface area contributed by atoms with E-state index in [0.29, 0.717) is 22.5 Å². The summed E-state index contributed by atoms with van der Waals surface area (Å²) in [7, 11) is 1.42. The zero-order valence-corrected chi connectivity index (χ0v) is 13.2. The molecule has 0 aliphatic carbocycles. The van der Waals surface area contributed by atoms with Crippen molar-refractivity contribution in [3.63, 3.8) is 0 Å². The third-order valence-corrected chi connectivity index (χ3v) is 3.59. The number of hydrogen-bond acceptors (Lipinski definition) is 6. The summed E-state index contributed by atoms with van der Waals surface area (Å²) in [4.78, 5) is 19.2. The number of hydrogen-bond donors (Lipinski definition) is 0. The number of benzene rings is 1. The molecule has 3 aromatic rings. The van der Waals surface area contributed by atoms with Gasteiger partial charge in [-0.2, -0.15) is 5.26 Å². The fourth-order valence-electron chi connectivity index (χ4n) is 2.44. The maximum absolute atomic E-state index is 11.0. The topological polar surface area (TPSA) is 102 Å². The van der Waals surface area contributed by atoms with Gasteiger partial charge in [0.25, 0.3) is 5.69 Å². The van der Waals surface area contributed by atoms with Crippen molar-refractivity contribution in [2.24, 2.45) is 0 Å². The van der Waals surface area contributed by atoms with E-state index in [1.807, 2.05) is 6.07 Å². The number of nitriles is 1. The molecule has 0 unspecified atom stereocenters. The van der Waals surface area contributed by atoms with E-state index in [-0.39, 0.29) is 17.1 Å². The zero-order valence-electron chi connectivity index (χ0n) is 13.2. The average Bonchev–Trinajstić information content (AvgIpc) is 2.67. The number of pyridine rings is 2. The lowest BCUT2D eigenvalue weighted by atomic mass is 9.99. The number of aromatic nitrogens is 2. The van der Waals surface area contributed by atoms with E-state index in [0.717, 1.165) is 0 Å². The van der Waals surface area contributed by atoms with Crippen LogP contribution < -0.4 is 4.74 Å². The van der Waals surface area contributed by atoms with Crippen molar-refractivity contribution in [1.82, 2.24) is 9.97 Å². The molecular formula is C18H12N4O3. The number of ether oxygens (including phenoxy) is 1. The van der Waals surface area contributed by atoms with Gasteiger partial charge in [-0.05, 0) is 23.8 Å². The molecule has 0 fully saturated rings. The molecule has 0 aliphatic rings. The SMILES string of the molecule is COc1nc(-c2ccccn2)cc(-c2cccc([N+](=O)[O-])c2)c1C#N. The van der Waals surface area contributed by atoms with Crippen molar-refractivity contribution >= 4 is 5.69 Å². The molecule has 0 atom stereocenters. The molecular weight excluding hydrogens is 320 g/mol. The highest BCUT2D eigenvalue weighted by atomic mass is 16.6. The van der Waals surface area contributed by atoms with Crippen molar-refractivity contribution in [2.75, 3.05) is 7.11 Å². The van der Waals surface area contributed by atoms with Gasteiger partial charge >= 0.3 is 0 Å². The Hall–Kier alpha value is -3.79. The maximum atomic E-state index is 11.0. The van der Waals surface area contributed by atoms with Crippen LogP contribution >= 0.6 is 0 Å². The van der Waals surface area contributed by atoms with Gasteiger partial charge in [-0.25, -0.2) is 4.98 Å². The van der Waals surface area contributed by atoms with Gasteiger partial charge in [0.2, 0.25) is 5.88 Å². The Labute approximate surface area is 143 Å². The molecule has 0 aliphatic heterocycles. The van der Waals surface area contributed by atoms with E-state index >= 15 is 0 Å². The molecule has 2 aromatic heterocycles. The van der Waals surface area contributed by atoms with Gasteiger partial charge in [-0.15, -0.1) is 0 Å². The van der Waals surface area contributed by atoms with Gasteiger partial charge in [0.1, 0.15) is 11.6 Å². The van der Waals surface area contributed by atoms with Gasteiger partial charge in [0.15, 0.2) is 0 Å². The van der Waals surface area contributed by atoms with Gasteiger partial charge in [-0.3, -0.25) is 15.1 Å². The summed E-state index contributed by atoms with van der Waals surface area (Å²) in [5.41, 5.74) is 2.30. The van der Waals surface area contributed by atoms with E-state index < -0.39 is 4.92 Å². The normalized spacial score (nSPS) is 10.1. The second kappa shape index (κ2) is 6.76. The first-order valence-electron chi connectivity index (χ1n) is 7.29. The fraction of sp³-hybridized carbons (Fsp3) is 0.0556. The molecule has 122 valence electrons. The van der Waals surface area contributed by atoms with Crippen LogP contribution in [0.25, 0.3) is 22.5 Å². The summed E-state index contributed by atoms with van der Waals surface area (Å²) < 4.78 is 5.24. The number of methoxy groups -OCH3 is 1. The number of nitrogens with zero attached hydrogens (tertiary/aromatic N) is 4. The van der Waals surface area contributed by atoms with E-state index in [1.54, 1.807) is 36.5 Å². The zero-order chi connectivity index (χ0) is 17.8. The van der Waals surface area contributed by atoms with Crippen LogP contribution in [0.1, 0.15) is 5.56 Å². The number of rotatable bonds is 4. The third-order valence-electron chi connectivity index (χ3n) is 3.59. The van der Waals surface area contributed by atoms with Crippen LogP contribution in [0.4, 0.5) is 5.69 Å². The number of non-ortho nitro benzene ring substituents is 1. The summed E-state index contributed by atoms with van der Waals surface area (Å²) in [6.07, 6.45) is 1.63. The molecule has 3 rings (SSSR count). The van der Waals surface area contributed by atoms with Crippen molar-refractivity contribution in [3.05, 3.63) is 70.4 Å². The minimum Gasteiger partial charge on any atom is -0.480 e.